The maximum atomic E-state index is 11.1. The van der Waals surface area contributed by atoms with Gasteiger partial charge >= 0.3 is 6.03 Å². The summed E-state index contributed by atoms with van der Waals surface area (Å²) >= 11 is 1.95. The van der Waals surface area contributed by atoms with Gasteiger partial charge in [-0.3, -0.25) is 10.7 Å². The van der Waals surface area contributed by atoms with Gasteiger partial charge in [-0.15, -0.1) is 0 Å². The van der Waals surface area contributed by atoms with E-state index in [1.54, 1.807) is 0 Å². The molecule has 5 nitrogen and oxygen atoms in total. The molecule has 0 aliphatic heterocycles. The zero-order chi connectivity index (χ0) is 15.8. The fourth-order valence-electron chi connectivity index (χ4n) is 1.98. The summed E-state index contributed by atoms with van der Waals surface area (Å²) in [4.78, 5) is 11.1. The number of hydrogen-bond acceptors (Lipinski definition) is 3. The highest BCUT2D eigenvalue weighted by atomic mass is 32.2. The Labute approximate surface area is 133 Å². The monoisotopic (exact) mass is 316 g/mol. The lowest BCUT2D eigenvalue weighted by molar-refractivity contribution is 0.245. The number of nitrogens with two attached hydrogens (primary N) is 1. The molecule has 124 valence electrons. The normalized spacial score (nSPS) is 10.3. The number of urea groups is 1. The molecule has 0 heterocycles. The van der Waals surface area contributed by atoms with Crippen molar-refractivity contribution >= 4 is 23.8 Å². The van der Waals surface area contributed by atoms with E-state index in [2.05, 4.69) is 17.6 Å². The molecule has 0 aromatic rings. The van der Waals surface area contributed by atoms with Crippen molar-refractivity contribution in [2.45, 2.75) is 64.7 Å². The summed E-state index contributed by atoms with van der Waals surface area (Å²) in [5.74, 6) is 1.96. The lowest BCUT2D eigenvalue weighted by Crippen LogP contribution is -2.43. The summed E-state index contributed by atoms with van der Waals surface area (Å²) in [6.07, 6.45) is 11.9. The molecule has 2 amide bonds. The second kappa shape index (κ2) is 15.5. The molecule has 0 aliphatic carbocycles. The Balaban J connectivity index is 3.09. The molecule has 0 saturated heterocycles. The number of unbranched alkanes of at least 4 members (excludes halogenated alkanes) is 7. The van der Waals surface area contributed by atoms with Crippen molar-refractivity contribution in [3.8, 4) is 0 Å². The molecule has 6 heteroatoms. The standard InChI is InChI=1S/C15H32N4OS/c1-2-3-4-5-6-7-8-9-12-21-13-10-11-18-15(20)19-14(16)17/h2-13H2,1H3,(H5,16,17,18,19,20). The highest BCUT2D eigenvalue weighted by molar-refractivity contribution is 7.99. The summed E-state index contributed by atoms with van der Waals surface area (Å²) in [5, 5.41) is 11.8. The predicted molar refractivity (Wildman–Crippen MR) is 93.0 cm³/mol. The van der Waals surface area contributed by atoms with E-state index in [1.807, 2.05) is 11.8 Å². The van der Waals surface area contributed by atoms with Crippen LogP contribution in [0, 0.1) is 5.41 Å². The topological polar surface area (TPSA) is 91.0 Å². The van der Waals surface area contributed by atoms with Gasteiger partial charge < -0.3 is 11.1 Å². The minimum atomic E-state index is -0.393. The number of nitrogens with one attached hydrogen (secondary N) is 3. The summed E-state index contributed by atoms with van der Waals surface area (Å²) in [5.41, 5.74) is 5.04. The van der Waals surface area contributed by atoms with Crippen LogP contribution in [0.1, 0.15) is 64.7 Å². The van der Waals surface area contributed by atoms with Crippen LogP contribution in [0.15, 0.2) is 0 Å². The number of hydrogen-bond donors (Lipinski definition) is 4. The van der Waals surface area contributed by atoms with Crippen LogP contribution in [0.25, 0.3) is 0 Å². The maximum absolute atomic E-state index is 11.1. The van der Waals surface area contributed by atoms with Crippen molar-refractivity contribution in [1.29, 1.82) is 5.41 Å². The quantitative estimate of drug-likeness (QED) is 0.238. The van der Waals surface area contributed by atoms with Crippen molar-refractivity contribution in [3.05, 3.63) is 0 Å². The van der Waals surface area contributed by atoms with Crippen LogP contribution in [0.3, 0.4) is 0 Å². The number of carbonyl (C=O) groups is 1. The van der Waals surface area contributed by atoms with Crippen LogP contribution in [0.4, 0.5) is 4.79 Å². The van der Waals surface area contributed by atoms with Gasteiger partial charge in [0.15, 0.2) is 5.96 Å². The Morgan fingerprint density at radius 3 is 2.19 bits per heavy atom. The molecule has 0 aromatic carbocycles. The Morgan fingerprint density at radius 1 is 1.00 bits per heavy atom. The molecular weight excluding hydrogens is 284 g/mol. The third-order valence-corrected chi connectivity index (χ3v) is 4.30. The maximum Gasteiger partial charge on any atom is 0.321 e. The molecule has 0 radical (unpaired) electrons. The lowest BCUT2D eigenvalue weighted by atomic mass is 10.1. The lowest BCUT2D eigenvalue weighted by Gasteiger charge is -2.06. The second-order valence-corrected chi connectivity index (χ2v) is 6.46. The van der Waals surface area contributed by atoms with E-state index < -0.39 is 6.03 Å². The van der Waals surface area contributed by atoms with E-state index in [4.69, 9.17) is 11.1 Å². The first kappa shape index (κ1) is 20.1. The number of carbonyl (C=O) groups excluding carboxylic acids is 1. The molecule has 0 aromatic heterocycles. The molecular formula is C15H32N4OS. The van der Waals surface area contributed by atoms with Gasteiger partial charge in [-0.2, -0.15) is 11.8 Å². The van der Waals surface area contributed by atoms with Gasteiger partial charge in [0, 0.05) is 6.54 Å². The Hall–Kier alpha value is -0.910. The molecule has 0 rings (SSSR count). The fraction of sp³-hybridized carbons (Fsp3) is 0.867. The van der Waals surface area contributed by atoms with Gasteiger partial charge in [0.05, 0.1) is 0 Å². The molecule has 0 atom stereocenters. The van der Waals surface area contributed by atoms with Gasteiger partial charge in [-0.1, -0.05) is 51.9 Å². The van der Waals surface area contributed by atoms with E-state index in [0.29, 0.717) is 6.54 Å². The third kappa shape index (κ3) is 17.0. The minimum absolute atomic E-state index is 0.323. The van der Waals surface area contributed by atoms with Gasteiger partial charge in [0.25, 0.3) is 0 Å². The van der Waals surface area contributed by atoms with Crippen LogP contribution in [-0.2, 0) is 0 Å². The van der Waals surface area contributed by atoms with E-state index in [0.717, 1.165) is 12.2 Å². The summed E-state index contributed by atoms with van der Waals surface area (Å²) in [6.45, 7) is 2.88. The van der Waals surface area contributed by atoms with E-state index >= 15 is 0 Å². The zero-order valence-corrected chi connectivity index (χ0v) is 14.2. The van der Waals surface area contributed by atoms with Gasteiger partial charge in [0.1, 0.15) is 0 Å². The van der Waals surface area contributed by atoms with Gasteiger partial charge in [-0.05, 0) is 24.3 Å². The third-order valence-electron chi connectivity index (χ3n) is 3.14. The average Bonchev–Trinajstić information content (AvgIpc) is 2.43. The van der Waals surface area contributed by atoms with E-state index in [1.165, 1.54) is 57.1 Å². The van der Waals surface area contributed by atoms with E-state index in [-0.39, 0.29) is 5.96 Å². The molecule has 0 spiro atoms. The summed E-state index contributed by atoms with van der Waals surface area (Å²) in [7, 11) is 0. The number of amides is 2. The fourth-order valence-corrected chi connectivity index (χ4v) is 2.94. The largest absolute Gasteiger partial charge is 0.370 e. The average molecular weight is 317 g/mol. The van der Waals surface area contributed by atoms with Crippen molar-refractivity contribution in [1.82, 2.24) is 10.6 Å². The smallest absolute Gasteiger partial charge is 0.321 e. The van der Waals surface area contributed by atoms with E-state index in [9.17, 15) is 4.79 Å². The molecule has 0 aliphatic rings. The van der Waals surface area contributed by atoms with Crippen LogP contribution < -0.4 is 16.4 Å². The Kier molecular flexibility index (Phi) is 14.8. The first-order valence-electron chi connectivity index (χ1n) is 8.13. The predicted octanol–water partition coefficient (Wildman–Crippen LogP) is 3.44. The summed E-state index contributed by atoms with van der Waals surface area (Å²) in [6, 6.07) is -0.393. The second-order valence-electron chi connectivity index (χ2n) is 5.24. The SMILES string of the molecule is CCCCCCCCCCSCCCNC(=O)NC(=N)N. The molecule has 0 fully saturated rings. The summed E-state index contributed by atoms with van der Waals surface area (Å²) < 4.78 is 0. The Bertz CT molecular complexity index is 274. The number of thioether (sulfide) groups is 1. The van der Waals surface area contributed by atoms with Crippen LogP contribution in [-0.4, -0.2) is 30.0 Å². The number of rotatable bonds is 13. The number of guanidine groups is 1. The first-order valence-corrected chi connectivity index (χ1v) is 9.29. The van der Waals surface area contributed by atoms with Gasteiger partial charge in [0.2, 0.25) is 0 Å². The van der Waals surface area contributed by atoms with Crippen molar-refractivity contribution in [2.75, 3.05) is 18.1 Å². The minimum Gasteiger partial charge on any atom is -0.370 e. The first-order chi connectivity index (χ1) is 10.2. The van der Waals surface area contributed by atoms with Gasteiger partial charge in [-0.25, -0.2) is 4.79 Å². The van der Waals surface area contributed by atoms with Crippen molar-refractivity contribution in [3.63, 3.8) is 0 Å². The highest BCUT2D eigenvalue weighted by Gasteiger charge is 1.99. The zero-order valence-electron chi connectivity index (χ0n) is 13.4. The molecule has 21 heavy (non-hydrogen) atoms. The van der Waals surface area contributed by atoms with Crippen LogP contribution in [0.2, 0.25) is 0 Å². The molecule has 0 bridgehead atoms. The van der Waals surface area contributed by atoms with Crippen molar-refractivity contribution in [2.24, 2.45) is 5.73 Å². The highest BCUT2D eigenvalue weighted by Crippen LogP contribution is 2.11. The Morgan fingerprint density at radius 2 is 1.57 bits per heavy atom. The molecule has 5 N–H and O–H groups in total. The molecule has 0 unspecified atom stereocenters. The van der Waals surface area contributed by atoms with Crippen LogP contribution in [0.5, 0.6) is 0 Å². The molecule has 0 saturated carbocycles. The van der Waals surface area contributed by atoms with Crippen molar-refractivity contribution < 1.29 is 4.79 Å². The van der Waals surface area contributed by atoms with Crippen LogP contribution >= 0.6 is 11.8 Å².